The third-order valence-corrected chi connectivity index (χ3v) is 5.92. The molecule has 0 aromatic heterocycles. The van der Waals surface area contributed by atoms with Gasteiger partial charge in [0.15, 0.2) is 9.84 Å². The first-order valence-electron chi connectivity index (χ1n) is 7.60. The molecule has 6 nitrogen and oxygen atoms in total. The molecule has 1 heterocycles. The third-order valence-electron chi connectivity index (χ3n) is 3.82. The van der Waals surface area contributed by atoms with Gasteiger partial charge in [0, 0.05) is 30.9 Å². The van der Waals surface area contributed by atoms with Crippen molar-refractivity contribution in [1.82, 2.24) is 10.2 Å². The molecule has 132 valence electrons. The second-order valence-electron chi connectivity index (χ2n) is 5.55. The van der Waals surface area contributed by atoms with Crippen LogP contribution in [0.5, 0.6) is 0 Å². The summed E-state index contributed by atoms with van der Waals surface area (Å²) in [6, 6.07) is 6.60. The lowest BCUT2D eigenvalue weighted by molar-refractivity contribution is 0.135. The van der Waals surface area contributed by atoms with Gasteiger partial charge < -0.3 is 15.0 Å². The van der Waals surface area contributed by atoms with E-state index in [0.29, 0.717) is 24.6 Å². The molecule has 1 unspecified atom stereocenters. The summed E-state index contributed by atoms with van der Waals surface area (Å²) in [5.41, 5.74) is 0.784. The molecule has 1 aliphatic heterocycles. The maximum Gasteiger partial charge on any atom is 0.321 e. The van der Waals surface area contributed by atoms with E-state index in [9.17, 15) is 13.2 Å². The predicted molar refractivity (Wildman–Crippen MR) is 94.7 cm³/mol. The second-order valence-corrected chi connectivity index (χ2v) is 8.18. The van der Waals surface area contributed by atoms with Crippen LogP contribution in [0.1, 0.15) is 12.0 Å². The maximum atomic E-state index is 12.4. The molecule has 0 spiro atoms. The Hall–Kier alpha value is -1.57. The molecule has 0 radical (unpaired) electrons. The highest BCUT2D eigenvalue weighted by molar-refractivity contribution is 7.91. The standard InChI is InChI=1S/C16H21ClN2O4S/c1-23-10-9-19(14-7-11-24(21,22)12-14)16(20)18-8-6-13-4-2-3-5-15(13)17/h2-6,8,14H,7,9-12H2,1H3,(H,18,20)/b8-6+. The Morgan fingerprint density at radius 3 is 2.83 bits per heavy atom. The molecule has 1 fully saturated rings. The van der Waals surface area contributed by atoms with Gasteiger partial charge in [0.2, 0.25) is 0 Å². The predicted octanol–water partition coefficient (Wildman–Crippen LogP) is 2.16. The molecule has 1 aromatic carbocycles. The molecule has 0 aliphatic carbocycles. The summed E-state index contributed by atoms with van der Waals surface area (Å²) in [6.07, 6.45) is 3.65. The molecule has 1 N–H and O–H groups in total. The SMILES string of the molecule is COCCN(C(=O)N/C=C/c1ccccc1Cl)C1CCS(=O)(=O)C1. The van der Waals surface area contributed by atoms with Crippen molar-refractivity contribution >= 4 is 33.5 Å². The van der Waals surface area contributed by atoms with Crippen LogP contribution >= 0.6 is 11.6 Å². The van der Waals surface area contributed by atoms with Crippen LogP contribution < -0.4 is 5.32 Å². The van der Waals surface area contributed by atoms with Gasteiger partial charge in [-0.3, -0.25) is 0 Å². The number of halogens is 1. The Morgan fingerprint density at radius 1 is 1.46 bits per heavy atom. The minimum Gasteiger partial charge on any atom is -0.383 e. The van der Waals surface area contributed by atoms with Crippen LogP contribution in [0, 0.1) is 0 Å². The molecule has 1 aromatic rings. The van der Waals surface area contributed by atoms with E-state index in [4.69, 9.17) is 16.3 Å². The van der Waals surface area contributed by atoms with E-state index in [0.717, 1.165) is 5.56 Å². The Morgan fingerprint density at radius 2 is 2.21 bits per heavy atom. The summed E-state index contributed by atoms with van der Waals surface area (Å²) < 4.78 is 28.3. The van der Waals surface area contributed by atoms with Crippen LogP contribution in [0.25, 0.3) is 6.08 Å². The molecule has 2 rings (SSSR count). The van der Waals surface area contributed by atoms with Crippen molar-refractivity contribution in [1.29, 1.82) is 0 Å². The number of ether oxygens (including phenoxy) is 1. The molecular formula is C16H21ClN2O4S. The number of methoxy groups -OCH3 is 1. The molecule has 1 aliphatic rings. The van der Waals surface area contributed by atoms with Crippen molar-refractivity contribution in [3.05, 3.63) is 41.1 Å². The minimum absolute atomic E-state index is 0.00163. The highest BCUT2D eigenvalue weighted by Crippen LogP contribution is 2.18. The van der Waals surface area contributed by atoms with Gasteiger partial charge in [0.05, 0.1) is 18.1 Å². The zero-order chi connectivity index (χ0) is 17.6. The number of hydrogen-bond acceptors (Lipinski definition) is 4. The highest BCUT2D eigenvalue weighted by atomic mass is 35.5. The van der Waals surface area contributed by atoms with E-state index in [1.165, 1.54) is 11.1 Å². The van der Waals surface area contributed by atoms with Crippen molar-refractivity contribution in [2.45, 2.75) is 12.5 Å². The number of urea groups is 1. The molecule has 1 atom stereocenters. The molecule has 0 saturated carbocycles. The van der Waals surface area contributed by atoms with Gasteiger partial charge in [-0.1, -0.05) is 29.8 Å². The topological polar surface area (TPSA) is 75.7 Å². The van der Waals surface area contributed by atoms with Crippen LogP contribution in [-0.2, 0) is 14.6 Å². The van der Waals surface area contributed by atoms with E-state index in [1.807, 2.05) is 18.2 Å². The van der Waals surface area contributed by atoms with Gasteiger partial charge in [-0.2, -0.15) is 0 Å². The largest absolute Gasteiger partial charge is 0.383 e. The Kier molecular flexibility index (Phi) is 6.65. The molecular weight excluding hydrogens is 352 g/mol. The molecule has 2 amide bonds. The Balaban J connectivity index is 2.01. The monoisotopic (exact) mass is 372 g/mol. The molecule has 8 heteroatoms. The fraction of sp³-hybridized carbons (Fsp3) is 0.438. The summed E-state index contributed by atoms with van der Waals surface area (Å²) in [4.78, 5) is 13.9. The molecule has 1 saturated heterocycles. The van der Waals surface area contributed by atoms with Gasteiger partial charge in [0.25, 0.3) is 0 Å². The van der Waals surface area contributed by atoms with E-state index >= 15 is 0 Å². The number of benzene rings is 1. The van der Waals surface area contributed by atoms with Gasteiger partial charge in [-0.25, -0.2) is 13.2 Å². The average Bonchev–Trinajstić information content (AvgIpc) is 2.89. The van der Waals surface area contributed by atoms with Crippen LogP contribution in [0.2, 0.25) is 5.02 Å². The van der Waals surface area contributed by atoms with E-state index < -0.39 is 9.84 Å². The van der Waals surface area contributed by atoms with Gasteiger partial charge in [-0.05, 0) is 24.1 Å². The first-order chi connectivity index (χ1) is 11.4. The van der Waals surface area contributed by atoms with E-state index in [1.54, 1.807) is 19.3 Å². The number of nitrogens with zero attached hydrogens (tertiary/aromatic N) is 1. The normalized spacial score (nSPS) is 19.5. The zero-order valence-electron chi connectivity index (χ0n) is 13.4. The Labute approximate surface area is 147 Å². The fourth-order valence-electron chi connectivity index (χ4n) is 2.56. The van der Waals surface area contributed by atoms with Crippen molar-refractivity contribution in [2.24, 2.45) is 0 Å². The van der Waals surface area contributed by atoms with Crippen molar-refractivity contribution < 1.29 is 17.9 Å². The zero-order valence-corrected chi connectivity index (χ0v) is 15.0. The summed E-state index contributed by atoms with van der Waals surface area (Å²) in [6.45, 7) is 0.681. The number of amides is 2. The minimum atomic E-state index is -3.07. The summed E-state index contributed by atoms with van der Waals surface area (Å²) in [5.74, 6) is 0.113. The van der Waals surface area contributed by atoms with Gasteiger partial charge in [0.1, 0.15) is 0 Å². The van der Waals surface area contributed by atoms with E-state index in [-0.39, 0.29) is 23.6 Å². The van der Waals surface area contributed by atoms with Crippen LogP contribution in [0.15, 0.2) is 30.5 Å². The van der Waals surface area contributed by atoms with Crippen LogP contribution in [0.4, 0.5) is 4.79 Å². The number of nitrogens with one attached hydrogen (secondary N) is 1. The molecule has 24 heavy (non-hydrogen) atoms. The number of carbonyl (C=O) groups is 1. The maximum absolute atomic E-state index is 12.4. The quantitative estimate of drug-likeness (QED) is 0.830. The smallest absolute Gasteiger partial charge is 0.321 e. The highest BCUT2D eigenvalue weighted by Gasteiger charge is 2.34. The van der Waals surface area contributed by atoms with Gasteiger partial charge in [-0.15, -0.1) is 0 Å². The first kappa shape index (κ1) is 18.8. The number of sulfone groups is 1. The van der Waals surface area contributed by atoms with Crippen molar-refractivity contribution in [2.75, 3.05) is 31.8 Å². The van der Waals surface area contributed by atoms with Gasteiger partial charge >= 0.3 is 6.03 Å². The second kappa shape index (κ2) is 8.50. The number of carbonyl (C=O) groups excluding carboxylic acids is 1. The lowest BCUT2D eigenvalue weighted by Gasteiger charge is -2.27. The lowest BCUT2D eigenvalue weighted by Crippen LogP contribution is -2.46. The lowest BCUT2D eigenvalue weighted by atomic mass is 10.2. The number of hydrogen-bond donors (Lipinski definition) is 1. The number of rotatable bonds is 6. The average molecular weight is 373 g/mol. The summed E-state index contributed by atoms with van der Waals surface area (Å²) >= 11 is 6.05. The van der Waals surface area contributed by atoms with Crippen LogP contribution in [0.3, 0.4) is 0 Å². The molecule has 0 bridgehead atoms. The summed E-state index contributed by atoms with van der Waals surface area (Å²) in [5, 5.41) is 3.25. The third kappa shape index (κ3) is 5.22. The fourth-order valence-corrected chi connectivity index (χ4v) is 4.49. The van der Waals surface area contributed by atoms with Crippen molar-refractivity contribution in [3.63, 3.8) is 0 Å². The first-order valence-corrected chi connectivity index (χ1v) is 9.80. The van der Waals surface area contributed by atoms with Crippen LogP contribution in [-0.4, -0.2) is 57.2 Å². The Bertz CT molecular complexity index is 706. The van der Waals surface area contributed by atoms with E-state index in [2.05, 4.69) is 5.32 Å². The summed E-state index contributed by atoms with van der Waals surface area (Å²) in [7, 11) is -1.53. The van der Waals surface area contributed by atoms with Crippen molar-refractivity contribution in [3.8, 4) is 0 Å².